The van der Waals surface area contributed by atoms with Gasteiger partial charge in [-0.15, -0.1) is 0 Å². The van der Waals surface area contributed by atoms with Crippen LogP contribution < -0.4 is 5.32 Å². The van der Waals surface area contributed by atoms with E-state index in [4.69, 9.17) is 0 Å². The van der Waals surface area contributed by atoms with Gasteiger partial charge in [-0.05, 0) is 49.3 Å². The van der Waals surface area contributed by atoms with Crippen molar-refractivity contribution in [2.24, 2.45) is 5.41 Å². The first kappa shape index (κ1) is 12.1. The molecule has 2 N–H and O–H groups in total. The van der Waals surface area contributed by atoms with Crippen LogP contribution in [-0.2, 0) is 6.42 Å². The van der Waals surface area contributed by atoms with Crippen LogP contribution in [-0.4, -0.2) is 24.2 Å². The molecule has 92 valence electrons. The van der Waals surface area contributed by atoms with Gasteiger partial charge in [0.1, 0.15) is 0 Å². The molecule has 0 aromatic heterocycles. The van der Waals surface area contributed by atoms with Crippen LogP contribution in [0.5, 0.6) is 0 Å². The van der Waals surface area contributed by atoms with Crippen LogP contribution in [0.2, 0.25) is 0 Å². The molecular formula is C14H19NO2. The molecule has 17 heavy (non-hydrogen) atoms. The molecule has 3 nitrogen and oxygen atoms in total. The first-order chi connectivity index (χ1) is 8.19. The van der Waals surface area contributed by atoms with E-state index in [-0.39, 0.29) is 17.9 Å². The SMILES string of the molecule is CCNC(=O)c1cccc(CC2(CO)CC2)c1. The molecule has 3 heteroatoms. The summed E-state index contributed by atoms with van der Waals surface area (Å²) in [5.41, 5.74) is 1.94. The Morgan fingerprint density at radius 1 is 1.47 bits per heavy atom. The molecule has 0 bridgehead atoms. The van der Waals surface area contributed by atoms with E-state index in [9.17, 15) is 9.90 Å². The van der Waals surface area contributed by atoms with Crippen LogP contribution in [0.15, 0.2) is 24.3 Å². The number of benzene rings is 1. The van der Waals surface area contributed by atoms with Gasteiger partial charge in [-0.1, -0.05) is 12.1 Å². The van der Waals surface area contributed by atoms with Gasteiger partial charge < -0.3 is 10.4 Å². The number of amides is 1. The average Bonchev–Trinajstić information content (AvgIpc) is 3.10. The topological polar surface area (TPSA) is 49.3 Å². The van der Waals surface area contributed by atoms with E-state index < -0.39 is 0 Å². The lowest BCUT2D eigenvalue weighted by atomic mass is 9.96. The highest BCUT2D eigenvalue weighted by Gasteiger charge is 2.41. The normalized spacial score (nSPS) is 16.6. The number of carbonyl (C=O) groups is 1. The van der Waals surface area contributed by atoms with Gasteiger partial charge in [0.25, 0.3) is 5.91 Å². The summed E-state index contributed by atoms with van der Waals surface area (Å²) in [6.07, 6.45) is 3.06. The predicted molar refractivity (Wildman–Crippen MR) is 66.9 cm³/mol. The Bertz CT molecular complexity index is 410. The average molecular weight is 233 g/mol. The summed E-state index contributed by atoms with van der Waals surface area (Å²) in [6.45, 7) is 2.80. The van der Waals surface area contributed by atoms with Crippen molar-refractivity contribution in [2.45, 2.75) is 26.2 Å². The van der Waals surface area contributed by atoms with Gasteiger partial charge in [0, 0.05) is 18.7 Å². The highest BCUT2D eigenvalue weighted by atomic mass is 16.3. The fraction of sp³-hybridized carbons (Fsp3) is 0.500. The van der Waals surface area contributed by atoms with E-state index in [2.05, 4.69) is 5.32 Å². The van der Waals surface area contributed by atoms with Crippen molar-refractivity contribution in [2.75, 3.05) is 13.2 Å². The predicted octanol–water partition coefficient (Wildman–Crippen LogP) is 1.75. The highest BCUT2D eigenvalue weighted by Crippen LogP contribution is 2.47. The van der Waals surface area contributed by atoms with Gasteiger partial charge in [0.05, 0.1) is 0 Å². The van der Waals surface area contributed by atoms with Gasteiger partial charge in [0.15, 0.2) is 0 Å². The molecule has 0 radical (unpaired) electrons. The monoisotopic (exact) mass is 233 g/mol. The van der Waals surface area contributed by atoms with E-state index in [0.717, 1.165) is 24.8 Å². The van der Waals surface area contributed by atoms with Crippen LogP contribution in [0, 0.1) is 5.41 Å². The van der Waals surface area contributed by atoms with Crippen molar-refractivity contribution in [3.63, 3.8) is 0 Å². The first-order valence-corrected chi connectivity index (χ1v) is 6.17. The number of carbonyl (C=O) groups excluding carboxylic acids is 1. The van der Waals surface area contributed by atoms with Gasteiger partial charge in [-0.2, -0.15) is 0 Å². The molecule has 0 unspecified atom stereocenters. The summed E-state index contributed by atoms with van der Waals surface area (Å²) < 4.78 is 0. The maximum atomic E-state index is 11.7. The highest BCUT2D eigenvalue weighted by molar-refractivity contribution is 5.94. The molecule has 1 aliphatic rings. The van der Waals surface area contributed by atoms with Gasteiger partial charge in [-0.25, -0.2) is 0 Å². The van der Waals surface area contributed by atoms with Crippen molar-refractivity contribution in [1.82, 2.24) is 5.32 Å². The lowest BCUT2D eigenvalue weighted by Crippen LogP contribution is -2.22. The van der Waals surface area contributed by atoms with Crippen molar-refractivity contribution >= 4 is 5.91 Å². The number of aliphatic hydroxyl groups is 1. The second kappa shape index (κ2) is 4.88. The molecule has 2 rings (SSSR count). The minimum absolute atomic E-state index is 0.0248. The van der Waals surface area contributed by atoms with Crippen molar-refractivity contribution < 1.29 is 9.90 Å². The van der Waals surface area contributed by atoms with Crippen LogP contribution in [0.4, 0.5) is 0 Å². The van der Waals surface area contributed by atoms with Crippen molar-refractivity contribution in [3.8, 4) is 0 Å². The minimum atomic E-state index is -0.0248. The number of hydrogen-bond acceptors (Lipinski definition) is 2. The van der Waals surface area contributed by atoms with E-state index in [1.807, 2.05) is 31.2 Å². The lowest BCUT2D eigenvalue weighted by molar-refractivity contribution is 0.0955. The Balaban J connectivity index is 2.09. The molecule has 1 saturated carbocycles. The minimum Gasteiger partial charge on any atom is -0.396 e. The Morgan fingerprint density at radius 3 is 2.82 bits per heavy atom. The maximum absolute atomic E-state index is 11.7. The van der Waals surface area contributed by atoms with Crippen LogP contribution in [0.1, 0.15) is 35.7 Å². The Labute approximate surface area is 102 Å². The zero-order valence-corrected chi connectivity index (χ0v) is 10.2. The van der Waals surface area contributed by atoms with E-state index in [0.29, 0.717) is 12.1 Å². The molecule has 0 heterocycles. The second-order valence-electron chi connectivity index (χ2n) is 4.89. The third-order valence-electron chi connectivity index (χ3n) is 3.40. The van der Waals surface area contributed by atoms with E-state index in [1.165, 1.54) is 0 Å². The summed E-state index contributed by atoms with van der Waals surface area (Å²) in [4.78, 5) is 11.7. The fourth-order valence-corrected chi connectivity index (χ4v) is 2.09. The maximum Gasteiger partial charge on any atom is 0.251 e. The third kappa shape index (κ3) is 2.86. The molecule has 1 aromatic rings. The Kier molecular flexibility index (Phi) is 3.48. The Morgan fingerprint density at radius 2 is 2.24 bits per heavy atom. The summed E-state index contributed by atoms with van der Waals surface area (Å²) >= 11 is 0. The molecular weight excluding hydrogens is 214 g/mol. The summed E-state index contributed by atoms with van der Waals surface area (Å²) in [5, 5.41) is 12.1. The third-order valence-corrected chi connectivity index (χ3v) is 3.40. The van der Waals surface area contributed by atoms with E-state index >= 15 is 0 Å². The van der Waals surface area contributed by atoms with Gasteiger partial charge in [-0.3, -0.25) is 4.79 Å². The van der Waals surface area contributed by atoms with Crippen LogP contribution >= 0.6 is 0 Å². The fourth-order valence-electron chi connectivity index (χ4n) is 2.09. The summed E-state index contributed by atoms with van der Waals surface area (Å²) in [7, 11) is 0. The largest absolute Gasteiger partial charge is 0.396 e. The number of rotatable bonds is 5. The lowest BCUT2D eigenvalue weighted by Gasteiger charge is -2.12. The van der Waals surface area contributed by atoms with Crippen LogP contribution in [0.25, 0.3) is 0 Å². The second-order valence-corrected chi connectivity index (χ2v) is 4.89. The molecule has 0 atom stereocenters. The Hall–Kier alpha value is -1.35. The van der Waals surface area contributed by atoms with Crippen LogP contribution in [0.3, 0.4) is 0 Å². The first-order valence-electron chi connectivity index (χ1n) is 6.17. The number of aliphatic hydroxyl groups excluding tert-OH is 1. The molecule has 0 aliphatic heterocycles. The summed E-state index contributed by atoms with van der Waals surface area (Å²) in [6, 6.07) is 7.69. The standard InChI is InChI=1S/C14H19NO2/c1-2-15-13(17)12-5-3-4-11(8-12)9-14(10-16)6-7-14/h3-5,8,16H,2,6-7,9-10H2,1H3,(H,15,17). The van der Waals surface area contributed by atoms with Gasteiger partial charge >= 0.3 is 0 Å². The molecule has 0 saturated heterocycles. The van der Waals surface area contributed by atoms with E-state index in [1.54, 1.807) is 0 Å². The quantitative estimate of drug-likeness (QED) is 0.814. The summed E-state index contributed by atoms with van der Waals surface area (Å²) in [5.74, 6) is -0.0248. The smallest absolute Gasteiger partial charge is 0.251 e. The molecule has 1 amide bonds. The molecule has 1 aliphatic carbocycles. The van der Waals surface area contributed by atoms with Gasteiger partial charge in [0.2, 0.25) is 0 Å². The molecule has 1 fully saturated rings. The van der Waals surface area contributed by atoms with Crippen molar-refractivity contribution in [1.29, 1.82) is 0 Å². The molecule has 0 spiro atoms. The number of hydrogen-bond donors (Lipinski definition) is 2. The zero-order valence-electron chi connectivity index (χ0n) is 10.2. The van der Waals surface area contributed by atoms with Crippen molar-refractivity contribution in [3.05, 3.63) is 35.4 Å². The number of nitrogens with one attached hydrogen (secondary N) is 1. The molecule has 1 aromatic carbocycles. The zero-order chi connectivity index (χ0) is 12.3.